The van der Waals surface area contributed by atoms with Crippen molar-refractivity contribution in [2.75, 3.05) is 44.7 Å². The largest absolute Gasteiger partial charge is 0.370 e. The van der Waals surface area contributed by atoms with E-state index in [1.165, 1.54) is 4.88 Å². The van der Waals surface area contributed by atoms with Crippen molar-refractivity contribution in [1.82, 2.24) is 4.90 Å². The molecule has 4 nitrogen and oxygen atoms in total. The molecular formula is C19H25ClN3OS2+. The number of benzene rings is 1. The van der Waals surface area contributed by atoms with Gasteiger partial charge in [0, 0.05) is 28.6 Å². The summed E-state index contributed by atoms with van der Waals surface area (Å²) in [5.74, 6) is 0. The number of rotatable bonds is 7. The molecule has 26 heavy (non-hydrogen) atoms. The molecule has 2 N–H and O–H groups in total. The van der Waals surface area contributed by atoms with Gasteiger partial charge < -0.3 is 19.9 Å². The zero-order valence-corrected chi connectivity index (χ0v) is 17.1. The second-order valence-corrected chi connectivity index (χ2v) is 8.26. The molecule has 1 aromatic heterocycles. The number of thiophene rings is 1. The number of nitrogens with zero attached hydrogens (tertiary/aromatic N) is 1. The minimum atomic E-state index is 0.727. The van der Waals surface area contributed by atoms with Crippen LogP contribution in [0.5, 0.6) is 0 Å². The lowest BCUT2D eigenvalue weighted by Crippen LogP contribution is -3.14. The molecule has 0 amide bonds. The Morgan fingerprint density at radius 2 is 2.00 bits per heavy atom. The van der Waals surface area contributed by atoms with E-state index in [0.717, 1.165) is 68.2 Å². The average molecular weight is 411 g/mol. The van der Waals surface area contributed by atoms with E-state index in [4.69, 9.17) is 28.6 Å². The maximum absolute atomic E-state index is 5.97. The van der Waals surface area contributed by atoms with Crippen molar-refractivity contribution in [3.63, 3.8) is 0 Å². The van der Waals surface area contributed by atoms with E-state index >= 15 is 0 Å². The minimum absolute atomic E-state index is 0.727. The number of ether oxygens (including phenoxy) is 1. The van der Waals surface area contributed by atoms with Gasteiger partial charge in [-0.25, -0.2) is 0 Å². The topological polar surface area (TPSA) is 28.9 Å². The number of hydrogen-bond donors (Lipinski definition) is 2. The molecule has 0 saturated carbocycles. The Morgan fingerprint density at radius 1 is 1.23 bits per heavy atom. The summed E-state index contributed by atoms with van der Waals surface area (Å²) in [6.07, 6.45) is 1.11. The van der Waals surface area contributed by atoms with E-state index in [1.807, 2.05) is 24.3 Å². The Balaban J connectivity index is 1.56. The first-order chi connectivity index (χ1) is 12.7. The van der Waals surface area contributed by atoms with Gasteiger partial charge in [-0.2, -0.15) is 0 Å². The van der Waals surface area contributed by atoms with Crippen molar-refractivity contribution in [3.8, 4) is 0 Å². The molecule has 1 aliphatic rings. The van der Waals surface area contributed by atoms with Crippen molar-refractivity contribution in [3.05, 3.63) is 51.7 Å². The summed E-state index contributed by atoms with van der Waals surface area (Å²) in [7, 11) is 0. The van der Waals surface area contributed by atoms with Crippen LogP contribution in [0.25, 0.3) is 0 Å². The van der Waals surface area contributed by atoms with Crippen LogP contribution in [-0.4, -0.2) is 49.4 Å². The molecule has 140 valence electrons. The molecule has 2 aromatic rings. The van der Waals surface area contributed by atoms with Crippen LogP contribution < -0.4 is 10.2 Å². The molecule has 0 aliphatic carbocycles. The average Bonchev–Trinajstić information content (AvgIpc) is 3.17. The number of quaternary nitrogens is 1. The highest BCUT2D eigenvalue weighted by atomic mass is 35.5. The van der Waals surface area contributed by atoms with Gasteiger partial charge in [-0.15, -0.1) is 11.3 Å². The number of hydrogen-bond acceptors (Lipinski definition) is 3. The molecule has 3 rings (SSSR count). The van der Waals surface area contributed by atoms with Crippen molar-refractivity contribution in [1.29, 1.82) is 0 Å². The standard InChI is InChI=1S/C19H24ClN3OS2/c20-16-4-6-17(7-5-16)21-19(25)23(15-18-3-1-14-26-18)9-2-8-22-10-12-24-13-11-22/h1,3-7,14H,2,8-13,15H2,(H,21,25)/p+1. The van der Waals surface area contributed by atoms with Crippen LogP contribution in [-0.2, 0) is 11.3 Å². The van der Waals surface area contributed by atoms with Crippen molar-refractivity contribution in [2.45, 2.75) is 13.0 Å². The summed E-state index contributed by atoms with van der Waals surface area (Å²) < 4.78 is 5.44. The Morgan fingerprint density at radius 3 is 2.69 bits per heavy atom. The molecular weight excluding hydrogens is 386 g/mol. The number of halogens is 1. The summed E-state index contributed by atoms with van der Waals surface area (Å²) >= 11 is 13.4. The maximum atomic E-state index is 5.97. The van der Waals surface area contributed by atoms with E-state index in [1.54, 1.807) is 16.2 Å². The van der Waals surface area contributed by atoms with Crippen LogP contribution in [0.3, 0.4) is 0 Å². The lowest BCUT2D eigenvalue weighted by Gasteiger charge is -2.28. The molecule has 7 heteroatoms. The summed E-state index contributed by atoms with van der Waals surface area (Å²) in [5, 5.41) is 6.95. The smallest absolute Gasteiger partial charge is 0.173 e. The van der Waals surface area contributed by atoms with Crippen LogP contribution >= 0.6 is 35.2 Å². The summed E-state index contributed by atoms with van der Waals surface area (Å²) in [4.78, 5) is 5.21. The summed E-state index contributed by atoms with van der Waals surface area (Å²) in [6.45, 7) is 6.93. The number of thiocarbonyl (C=S) groups is 1. The van der Waals surface area contributed by atoms with Gasteiger partial charge in [-0.3, -0.25) is 0 Å². The quantitative estimate of drug-likeness (QED) is 0.687. The maximum Gasteiger partial charge on any atom is 0.173 e. The highest BCUT2D eigenvalue weighted by molar-refractivity contribution is 7.80. The van der Waals surface area contributed by atoms with Crippen LogP contribution in [0, 0.1) is 0 Å². The molecule has 1 fully saturated rings. The van der Waals surface area contributed by atoms with Gasteiger partial charge in [0.25, 0.3) is 0 Å². The molecule has 0 spiro atoms. The SMILES string of the molecule is S=C(Nc1ccc(Cl)cc1)N(CCC[NH+]1CCOCC1)Cc1cccs1. The number of morpholine rings is 1. The third kappa shape index (κ3) is 6.21. The molecule has 1 saturated heterocycles. The van der Waals surface area contributed by atoms with Crippen molar-refractivity contribution < 1.29 is 9.64 Å². The van der Waals surface area contributed by atoms with E-state index in [0.29, 0.717) is 0 Å². The molecule has 0 unspecified atom stereocenters. The van der Waals surface area contributed by atoms with E-state index in [9.17, 15) is 0 Å². The van der Waals surface area contributed by atoms with Gasteiger partial charge in [0.1, 0.15) is 13.1 Å². The normalized spacial score (nSPS) is 15.0. The zero-order chi connectivity index (χ0) is 18.2. The Labute approximate surface area is 169 Å². The summed E-state index contributed by atoms with van der Waals surface area (Å²) in [6, 6.07) is 11.9. The molecule has 0 bridgehead atoms. The Bertz CT molecular complexity index is 673. The lowest BCUT2D eigenvalue weighted by molar-refractivity contribution is -0.908. The fourth-order valence-corrected chi connectivity index (χ4v) is 4.13. The van der Waals surface area contributed by atoms with Gasteiger partial charge in [-0.1, -0.05) is 17.7 Å². The predicted octanol–water partition coefficient (Wildman–Crippen LogP) is 2.91. The van der Waals surface area contributed by atoms with Crippen LogP contribution in [0.15, 0.2) is 41.8 Å². The summed E-state index contributed by atoms with van der Waals surface area (Å²) in [5.41, 5.74) is 0.967. The molecule has 0 atom stereocenters. The van der Waals surface area contributed by atoms with Gasteiger partial charge >= 0.3 is 0 Å². The van der Waals surface area contributed by atoms with Crippen LogP contribution in [0.2, 0.25) is 5.02 Å². The third-order valence-electron chi connectivity index (χ3n) is 4.47. The molecule has 1 aromatic carbocycles. The first-order valence-corrected chi connectivity index (χ1v) is 10.6. The molecule has 1 aliphatic heterocycles. The highest BCUT2D eigenvalue weighted by Crippen LogP contribution is 2.16. The Kier molecular flexibility index (Phi) is 7.70. The van der Waals surface area contributed by atoms with Crippen LogP contribution in [0.1, 0.15) is 11.3 Å². The lowest BCUT2D eigenvalue weighted by atomic mass is 10.3. The predicted molar refractivity (Wildman–Crippen MR) is 113 cm³/mol. The second kappa shape index (κ2) is 10.2. The van der Waals surface area contributed by atoms with Gasteiger partial charge in [0.05, 0.1) is 26.3 Å². The fourth-order valence-electron chi connectivity index (χ4n) is 3.01. The number of nitrogens with one attached hydrogen (secondary N) is 2. The van der Waals surface area contributed by atoms with Crippen molar-refractivity contribution >= 4 is 46.0 Å². The number of anilines is 1. The second-order valence-electron chi connectivity index (χ2n) is 6.40. The zero-order valence-electron chi connectivity index (χ0n) is 14.7. The molecule has 0 radical (unpaired) electrons. The van der Waals surface area contributed by atoms with Crippen molar-refractivity contribution in [2.24, 2.45) is 0 Å². The van der Waals surface area contributed by atoms with Gasteiger partial charge in [0.15, 0.2) is 5.11 Å². The van der Waals surface area contributed by atoms with Gasteiger partial charge in [-0.05, 0) is 47.9 Å². The van der Waals surface area contributed by atoms with E-state index in [-0.39, 0.29) is 0 Å². The van der Waals surface area contributed by atoms with E-state index < -0.39 is 0 Å². The van der Waals surface area contributed by atoms with Gasteiger partial charge in [0.2, 0.25) is 0 Å². The van der Waals surface area contributed by atoms with E-state index in [2.05, 4.69) is 27.7 Å². The minimum Gasteiger partial charge on any atom is -0.370 e. The highest BCUT2D eigenvalue weighted by Gasteiger charge is 2.16. The Hall–Kier alpha value is -1.18. The van der Waals surface area contributed by atoms with Crippen LogP contribution in [0.4, 0.5) is 5.69 Å². The third-order valence-corrected chi connectivity index (χ3v) is 5.94. The first-order valence-electron chi connectivity index (χ1n) is 8.96. The molecule has 2 heterocycles. The monoisotopic (exact) mass is 410 g/mol. The fraction of sp³-hybridized carbons (Fsp3) is 0.421. The first kappa shape index (κ1) is 19.6.